The molecular weight excluding hydrogens is 403 g/mol. The zero-order valence-electron chi connectivity index (χ0n) is 17.8. The van der Waals surface area contributed by atoms with Crippen LogP contribution < -0.4 is 5.56 Å². The van der Waals surface area contributed by atoms with Crippen LogP contribution in [0.2, 0.25) is 0 Å². The van der Waals surface area contributed by atoms with Gasteiger partial charge in [-0.25, -0.2) is 9.07 Å². The maximum Gasteiger partial charge on any atom is 0.274 e. The van der Waals surface area contributed by atoms with Gasteiger partial charge in [-0.15, -0.1) is 0 Å². The minimum atomic E-state index is -0.256. The standard InChI is InChI=1S/C26H25FN4O/c27-20-10-8-19(9-11-20)17-25-23-6-1-2-7-24(23)26(32)31(29-25)22-12-15-30(16-13-22)18-21-5-3-4-14-28-21/h1-11,14,22H,12-13,15-18H2. The highest BCUT2D eigenvalue weighted by Crippen LogP contribution is 2.24. The first-order valence-electron chi connectivity index (χ1n) is 11.0. The first-order chi connectivity index (χ1) is 15.7. The fourth-order valence-electron chi connectivity index (χ4n) is 4.49. The van der Waals surface area contributed by atoms with Crippen molar-refractivity contribution < 1.29 is 4.39 Å². The highest BCUT2D eigenvalue weighted by Gasteiger charge is 2.24. The number of halogens is 1. The molecule has 1 aliphatic rings. The molecule has 0 atom stereocenters. The first kappa shape index (κ1) is 20.5. The third-order valence-corrected chi connectivity index (χ3v) is 6.20. The largest absolute Gasteiger partial charge is 0.297 e. The Labute approximate surface area is 186 Å². The van der Waals surface area contributed by atoms with E-state index in [1.165, 1.54) is 12.1 Å². The second-order valence-electron chi connectivity index (χ2n) is 8.37. The third kappa shape index (κ3) is 4.32. The van der Waals surface area contributed by atoms with Gasteiger partial charge >= 0.3 is 0 Å². The molecule has 32 heavy (non-hydrogen) atoms. The van der Waals surface area contributed by atoms with Crippen LogP contribution in [-0.4, -0.2) is 32.8 Å². The van der Waals surface area contributed by atoms with Crippen LogP contribution in [0.15, 0.2) is 77.7 Å². The van der Waals surface area contributed by atoms with Gasteiger partial charge in [0, 0.05) is 37.6 Å². The molecule has 0 N–H and O–H groups in total. The Morgan fingerprint density at radius 1 is 0.906 bits per heavy atom. The Kier molecular flexibility index (Phi) is 5.77. The fourth-order valence-corrected chi connectivity index (χ4v) is 4.49. The first-order valence-corrected chi connectivity index (χ1v) is 11.0. The molecule has 0 amide bonds. The number of benzene rings is 2. The van der Waals surface area contributed by atoms with Gasteiger partial charge in [0.2, 0.25) is 0 Å². The van der Waals surface area contributed by atoms with E-state index in [0.717, 1.165) is 54.8 Å². The van der Waals surface area contributed by atoms with Crippen LogP contribution in [0.25, 0.3) is 10.8 Å². The van der Waals surface area contributed by atoms with Crippen LogP contribution >= 0.6 is 0 Å². The second-order valence-corrected chi connectivity index (χ2v) is 8.37. The molecule has 3 heterocycles. The molecule has 1 fully saturated rings. The van der Waals surface area contributed by atoms with E-state index >= 15 is 0 Å². The van der Waals surface area contributed by atoms with Crippen molar-refractivity contribution in [1.29, 1.82) is 0 Å². The van der Waals surface area contributed by atoms with Crippen LogP contribution in [0.4, 0.5) is 4.39 Å². The quantitative estimate of drug-likeness (QED) is 0.474. The monoisotopic (exact) mass is 428 g/mol. The molecule has 2 aromatic heterocycles. The molecule has 4 aromatic rings. The van der Waals surface area contributed by atoms with Gasteiger partial charge in [0.15, 0.2) is 0 Å². The molecule has 1 saturated heterocycles. The minimum Gasteiger partial charge on any atom is -0.297 e. The molecule has 6 heteroatoms. The number of aromatic nitrogens is 3. The molecule has 2 aromatic carbocycles. The van der Waals surface area contributed by atoms with Crippen molar-refractivity contribution in [3.05, 3.63) is 106 Å². The molecule has 0 spiro atoms. The van der Waals surface area contributed by atoms with Crippen LogP contribution in [0.1, 0.15) is 35.8 Å². The fraction of sp³-hybridized carbons (Fsp3) is 0.269. The molecule has 5 nitrogen and oxygen atoms in total. The van der Waals surface area contributed by atoms with Gasteiger partial charge in [-0.2, -0.15) is 5.10 Å². The van der Waals surface area contributed by atoms with Crippen molar-refractivity contribution >= 4 is 10.8 Å². The number of pyridine rings is 1. The summed E-state index contributed by atoms with van der Waals surface area (Å²) in [7, 11) is 0. The van der Waals surface area contributed by atoms with Crippen LogP contribution in [0, 0.1) is 5.82 Å². The lowest BCUT2D eigenvalue weighted by Gasteiger charge is -2.32. The molecule has 0 saturated carbocycles. The summed E-state index contributed by atoms with van der Waals surface area (Å²) in [5.74, 6) is -0.256. The summed E-state index contributed by atoms with van der Waals surface area (Å²) < 4.78 is 15.0. The molecule has 162 valence electrons. The van der Waals surface area contributed by atoms with Crippen molar-refractivity contribution in [1.82, 2.24) is 19.7 Å². The molecular formula is C26H25FN4O. The van der Waals surface area contributed by atoms with Crippen LogP contribution in [-0.2, 0) is 13.0 Å². The summed E-state index contributed by atoms with van der Waals surface area (Å²) in [6.07, 6.45) is 4.12. The molecule has 0 unspecified atom stereocenters. The van der Waals surface area contributed by atoms with E-state index in [4.69, 9.17) is 5.10 Å². The summed E-state index contributed by atoms with van der Waals surface area (Å²) in [6.45, 7) is 2.62. The highest BCUT2D eigenvalue weighted by atomic mass is 19.1. The van der Waals surface area contributed by atoms with Crippen molar-refractivity contribution in [2.75, 3.05) is 13.1 Å². The average Bonchev–Trinajstić information content (AvgIpc) is 2.84. The Morgan fingerprint density at radius 3 is 2.34 bits per heavy atom. The zero-order chi connectivity index (χ0) is 21.9. The van der Waals surface area contributed by atoms with Gasteiger partial charge in [-0.1, -0.05) is 36.4 Å². The zero-order valence-corrected chi connectivity index (χ0v) is 17.8. The SMILES string of the molecule is O=c1c2ccccc2c(Cc2ccc(F)cc2)nn1C1CCN(Cc2ccccn2)CC1. The van der Waals surface area contributed by atoms with Gasteiger partial charge in [-0.3, -0.25) is 14.7 Å². The van der Waals surface area contributed by atoms with Crippen molar-refractivity contribution in [2.45, 2.75) is 31.8 Å². The number of rotatable bonds is 5. The molecule has 0 radical (unpaired) electrons. The van der Waals surface area contributed by atoms with Gasteiger partial charge in [0.25, 0.3) is 5.56 Å². The summed E-state index contributed by atoms with van der Waals surface area (Å²) in [6, 6.07) is 20.2. The Bertz CT molecular complexity index is 1260. The molecule has 0 aliphatic carbocycles. The predicted octanol–water partition coefficient (Wildman–Crippen LogP) is 4.36. The van der Waals surface area contributed by atoms with Crippen LogP contribution in [0.3, 0.4) is 0 Å². The Balaban J connectivity index is 1.41. The van der Waals surface area contributed by atoms with Crippen LogP contribution in [0.5, 0.6) is 0 Å². The van der Waals surface area contributed by atoms with Gasteiger partial charge in [0.05, 0.1) is 22.8 Å². The van der Waals surface area contributed by atoms with E-state index in [2.05, 4.69) is 9.88 Å². The molecule has 1 aliphatic heterocycles. The Hall–Kier alpha value is -3.38. The van der Waals surface area contributed by atoms with Gasteiger partial charge in [0.1, 0.15) is 5.82 Å². The maximum absolute atomic E-state index is 13.3. The van der Waals surface area contributed by atoms with E-state index in [1.54, 1.807) is 16.8 Å². The molecule has 5 rings (SSSR count). The minimum absolute atomic E-state index is 0.0355. The number of hydrogen-bond donors (Lipinski definition) is 0. The average molecular weight is 429 g/mol. The number of fused-ring (bicyclic) bond motifs is 1. The third-order valence-electron chi connectivity index (χ3n) is 6.20. The summed E-state index contributed by atoms with van der Waals surface area (Å²) in [4.78, 5) is 20.1. The van der Waals surface area contributed by atoms with E-state index in [1.807, 2.05) is 48.7 Å². The van der Waals surface area contributed by atoms with Gasteiger partial charge < -0.3 is 0 Å². The number of likely N-dealkylation sites (tertiary alicyclic amines) is 1. The predicted molar refractivity (Wildman–Crippen MR) is 123 cm³/mol. The van der Waals surface area contributed by atoms with Gasteiger partial charge in [-0.05, 0) is 48.7 Å². The Morgan fingerprint density at radius 2 is 1.62 bits per heavy atom. The number of piperidine rings is 1. The topological polar surface area (TPSA) is 51.0 Å². The lowest BCUT2D eigenvalue weighted by molar-refractivity contribution is 0.169. The van der Waals surface area contributed by atoms with Crippen molar-refractivity contribution in [2.24, 2.45) is 0 Å². The smallest absolute Gasteiger partial charge is 0.274 e. The second kappa shape index (κ2) is 9.01. The van der Waals surface area contributed by atoms with Crippen molar-refractivity contribution in [3.8, 4) is 0 Å². The van der Waals surface area contributed by atoms with E-state index in [0.29, 0.717) is 11.8 Å². The highest BCUT2D eigenvalue weighted by molar-refractivity contribution is 5.83. The van der Waals surface area contributed by atoms with Crippen molar-refractivity contribution in [3.63, 3.8) is 0 Å². The van der Waals surface area contributed by atoms with E-state index in [9.17, 15) is 9.18 Å². The summed E-state index contributed by atoms with van der Waals surface area (Å²) in [5.41, 5.74) is 2.85. The summed E-state index contributed by atoms with van der Waals surface area (Å²) >= 11 is 0. The normalized spacial score (nSPS) is 15.3. The maximum atomic E-state index is 13.3. The lowest BCUT2D eigenvalue weighted by atomic mass is 10.0. The lowest BCUT2D eigenvalue weighted by Crippen LogP contribution is -2.38. The van der Waals surface area contributed by atoms with E-state index in [-0.39, 0.29) is 17.4 Å². The van der Waals surface area contributed by atoms with E-state index < -0.39 is 0 Å². The number of nitrogens with zero attached hydrogens (tertiary/aromatic N) is 4. The summed E-state index contributed by atoms with van der Waals surface area (Å²) in [5, 5.41) is 6.39. The number of hydrogen-bond acceptors (Lipinski definition) is 4. The molecule has 0 bridgehead atoms.